The largest absolute Gasteiger partial charge is 0.488 e. The van der Waals surface area contributed by atoms with Crippen molar-refractivity contribution < 1.29 is 14.3 Å². The molecule has 1 aromatic rings. The van der Waals surface area contributed by atoms with E-state index in [4.69, 9.17) is 16.3 Å². The zero-order valence-electron chi connectivity index (χ0n) is 14.4. The summed E-state index contributed by atoms with van der Waals surface area (Å²) in [7, 11) is 0. The number of hydrazone groups is 1. The zero-order chi connectivity index (χ0) is 18.6. The maximum absolute atomic E-state index is 12.6. The van der Waals surface area contributed by atoms with Crippen LogP contribution in [-0.4, -0.2) is 29.1 Å². The Morgan fingerprint density at radius 3 is 2.38 bits per heavy atom. The Bertz CT molecular complexity index is 798. The van der Waals surface area contributed by atoms with Gasteiger partial charge in [0, 0.05) is 0 Å². The number of benzene rings is 1. The van der Waals surface area contributed by atoms with Crippen molar-refractivity contribution in [3.05, 3.63) is 39.3 Å². The smallest absolute Gasteiger partial charge is 0.254 e. The summed E-state index contributed by atoms with van der Waals surface area (Å²) in [5.74, 6) is 0.0364. The number of nitrogens with zero attached hydrogens (tertiary/aromatic N) is 2. The highest BCUT2D eigenvalue weighted by atomic mass is 79.9. The molecule has 4 rings (SSSR count). The van der Waals surface area contributed by atoms with Crippen LogP contribution in [0.5, 0.6) is 5.75 Å². The fourth-order valence-electron chi connectivity index (χ4n) is 4.13. The molecule has 2 aliphatic carbocycles. The van der Waals surface area contributed by atoms with E-state index >= 15 is 0 Å². The van der Waals surface area contributed by atoms with E-state index in [2.05, 4.69) is 33.2 Å². The third-order valence-corrected chi connectivity index (χ3v) is 6.01. The van der Waals surface area contributed by atoms with E-state index in [-0.39, 0.29) is 41.6 Å². The van der Waals surface area contributed by atoms with Gasteiger partial charge in [-0.15, -0.1) is 0 Å². The van der Waals surface area contributed by atoms with Crippen LogP contribution in [0.4, 0.5) is 0 Å². The molecular weight excluding hydrogens is 420 g/mol. The Labute approximate surface area is 165 Å². The van der Waals surface area contributed by atoms with Gasteiger partial charge in [0.2, 0.25) is 0 Å². The van der Waals surface area contributed by atoms with E-state index in [1.54, 1.807) is 12.1 Å². The second-order valence-corrected chi connectivity index (χ2v) is 8.47. The summed E-state index contributed by atoms with van der Waals surface area (Å²) in [5, 5.41) is 5.64. The van der Waals surface area contributed by atoms with E-state index in [9.17, 15) is 9.59 Å². The van der Waals surface area contributed by atoms with Crippen LogP contribution in [0, 0.1) is 23.7 Å². The van der Waals surface area contributed by atoms with Gasteiger partial charge in [0.05, 0.1) is 33.6 Å². The first-order chi connectivity index (χ1) is 12.4. The molecule has 2 fully saturated rings. The maximum Gasteiger partial charge on any atom is 0.254 e. The molecule has 1 aliphatic heterocycles. The van der Waals surface area contributed by atoms with Gasteiger partial charge in [-0.25, -0.2) is 0 Å². The molecule has 1 saturated carbocycles. The average molecular weight is 438 g/mol. The van der Waals surface area contributed by atoms with E-state index < -0.39 is 0 Å². The van der Waals surface area contributed by atoms with Crippen molar-refractivity contribution in [2.45, 2.75) is 26.4 Å². The summed E-state index contributed by atoms with van der Waals surface area (Å²) in [6.45, 7) is 3.84. The van der Waals surface area contributed by atoms with Crippen molar-refractivity contribution in [2.24, 2.45) is 28.8 Å². The van der Waals surface area contributed by atoms with Crippen LogP contribution >= 0.6 is 27.5 Å². The zero-order valence-corrected chi connectivity index (χ0v) is 16.7. The normalized spacial score (nSPS) is 29.5. The highest BCUT2D eigenvalue weighted by Crippen LogP contribution is 2.52. The van der Waals surface area contributed by atoms with Gasteiger partial charge in [0.1, 0.15) is 0 Å². The lowest BCUT2D eigenvalue weighted by atomic mass is 9.85. The van der Waals surface area contributed by atoms with Crippen LogP contribution in [0.2, 0.25) is 5.02 Å². The quantitative estimate of drug-likeness (QED) is 0.406. The highest BCUT2D eigenvalue weighted by Gasteiger charge is 2.59. The van der Waals surface area contributed by atoms with Crippen molar-refractivity contribution in [1.29, 1.82) is 0 Å². The summed E-state index contributed by atoms with van der Waals surface area (Å²) >= 11 is 9.72. The third kappa shape index (κ3) is 2.79. The molecule has 1 heterocycles. The van der Waals surface area contributed by atoms with Crippen LogP contribution in [0.25, 0.3) is 0 Å². The maximum atomic E-state index is 12.6. The van der Waals surface area contributed by atoms with Gasteiger partial charge in [0.25, 0.3) is 11.8 Å². The molecule has 0 aromatic heterocycles. The topological polar surface area (TPSA) is 59.0 Å². The summed E-state index contributed by atoms with van der Waals surface area (Å²) in [6.07, 6.45) is 6.52. The second kappa shape index (κ2) is 6.50. The number of rotatable bonds is 4. The Kier molecular flexibility index (Phi) is 4.43. The Morgan fingerprint density at radius 2 is 1.85 bits per heavy atom. The fourth-order valence-corrected chi connectivity index (χ4v) is 5.08. The lowest BCUT2D eigenvalue weighted by Gasteiger charge is -2.14. The molecule has 7 heteroatoms. The summed E-state index contributed by atoms with van der Waals surface area (Å²) in [4.78, 5) is 25.2. The highest BCUT2D eigenvalue weighted by molar-refractivity contribution is 9.10. The van der Waals surface area contributed by atoms with Crippen molar-refractivity contribution in [2.75, 3.05) is 0 Å². The van der Waals surface area contributed by atoms with Gasteiger partial charge < -0.3 is 4.74 Å². The number of allylic oxidation sites excluding steroid dienone is 2. The molecule has 4 unspecified atom stereocenters. The first-order valence-electron chi connectivity index (χ1n) is 8.62. The molecule has 4 atom stereocenters. The number of imide groups is 1. The third-order valence-electron chi connectivity index (χ3n) is 5.14. The summed E-state index contributed by atoms with van der Waals surface area (Å²) in [5.41, 5.74) is 0.678. The van der Waals surface area contributed by atoms with Crippen molar-refractivity contribution in [3.8, 4) is 5.75 Å². The average Bonchev–Trinajstić information content (AvgIpc) is 3.24. The molecule has 26 heavy (non-hydrogen) atoms. The monoisotopic (exact) mass is 436 g/mol. The lowest BCUT2D eigenvalue weighted by molar-refractivity contribution is -0.140. The molecule has 3 aliphatic rings. The van der Waals surface area contributed by atoms with Crippen molar-refractivity contribution in [1.82, 2.24) is 5.01 Å². The Balaban J connectivity index is 1.56. The van der Waals surface area contributed by atoms with Gasteiger partial charge in [-0.1, -0.05) is 23.8 Å². The summed E-state index contributed by atoms with van der Waals surface area (Å²) in [6, 6.07) is 3.49. The number of fused-ring (bicyclic) bond motifs is 5. The lowest BCUT2D eigenvalue weighted by Crippen LogP contribution is -2.28. The predicted molar refractivity (Wildman–Crippen MR) is 102 cm³/mol. The molecular formula is C19H18BrClN2O3. The standard InChI is InChI=1S/C19H18BrClN2O3/c1-9(2)26-17-13(20)5-10(6-14(17)21)8-22-23-18(24)15-11-3-4-12(7-11)16(15)19(23)25/h3-6,8-9,11-12,15-16H,7H2,1-2H3. The SMILES string of the molecule is CC(C)Oc1c(Cl)cc(C=NN2C(=O)C3C4C=CC(C4)C3C2=O)cc1Br. The molecule has 1 saturated heterocycles. The number of carbonyl (C=O) groups is 2. The molecule has 2 amide bonds. The number of amides is 2. The first-order valence-corrected chi connectivity index (χ1v) is 9.79. The first kappa shape index (κ1) is 17.7. The molecule has 0 spiro atoms. The molecule has 0 N–H and O–H groups in total. The minimum absolute atomic E-state index is 0.00782. The molecule has 5 nitrogen and oxygen atoms in total. The summed E-state index contributed by atoms with van der Waals surface area (Å²) < 4.78 is 6.37. The van der Waals surface area contributed by atoms with E-state index in [0.29, 0.717) is 20.8 Å². The fraction of sp³-hybridized carbons (Fsp3) is 0.421. The van der Waals surface area contributed by atoms with Gasteiger partial charge in [-0.2, -0.15) is 10.1 Å². The minimum Gasteiger partial charge on any atom is -0.488 e. The number of carbonyl (C=O) groups excluding carboxylic acids is 2. The number of hydrogen-bond acceptors (Lipinski definition) is 4. The van der Waals surface area contributed by atoms with Crippen LogP contribution < -0.4 is 4.74 Å². The van der Waals surface area contributed by atoms with Gasteiger partial charge in [0.15, 0.2) is 5.75 Å². The van der Waals surface area contributed by atoms with E-state index in [0.717, 1.165) is 11.4 Å². The minimum atomic E-state index is -0.244. The van der Waals surface area contributed by atoms with Crippen LogP contribution in [0.1, 0.15) is 25.8 Å². The van der Waals surface area contributed by atoms with Crippen LogP contribution in [0.3, 0.4) is 0 Å². The van der Waals surface area contributed by atoms with Crippen molar-refractivity contribution in [3.63, 3.8) is 0 Å². The van der Waals surface area contributed by atoms with Gasteiger partial charge >= 0.3 is 0 Å². The van der Waals surface area contributed by atoms with Crippen LogP contribution in [0.15, 0.2) is 33.9 Å². The number of ether oxygens (including phenoxy) is 1. The van der Waals surface area contributed by atoms with Gasteiger partial charge in [-0.3, -0.25) is 9.59 Å². The molecule has 0 radical (unpaired) electrons. The van der Waals surface area contributed by atoms with E-state index in [1.807, 2.05) is 13.8 Å². The van der Waals surface area contributed by atoms with Crippen LogP contribution in [-0.2, 0) is 9.59 Å². The van der Waals surface area contributed by atoms with Gasteiger partial charge in [-0.05, 0) is 65.7 Å². The van der Waals surface area contributed by atoms with E-state index in [1.165, 1.54) is 6.21 Å². The molecule has 2 bridgehead atoms. The number of halogens is 2. The Hall–Kier alpha value is -1.66. The van der Waals surface area contributed by atoms with Crippen molar-refractivity contribution >= 4 is 45.6 Å². The molecule has 1 aromatic carbocycles. The second-order valence-electron chi connectivity index (χ2n) is 7.21. The Morgan fingerprint density at radius 1 is 1.23 bits per heavy atom. The number of hydrogen-bond donors (Lipinski definition) is 0. The predicted octanol–water partition coefficient (Wildman–Crippen LogP) is 4.03. The molecule has 136 valence electrons.